The van der Waals surface area contributed by atoms with Crippen LogP contribution in [0.5, 0.6) is 5.75 Å². The Morgan fingerprint density at radius 2 is 1.60 bits per heavy atom. The lowest BCUT2D eigenvalue weighted by Gasteiger charge is -2.64. The molecule has 0 radical (unpaired) electrons. The normalized spacial score (nSPS) is 25.3. The molecule has 1 spiro atoms. The first-order chi connectivity index (χ1) is 56.3. The van der Waals surface area contributed by atoms with Crippen LogP contribution >= 0.6 is 21.6 Å². The van der Waals surface area contributed by atoms with E-state index >= 15 is 9.59 Å². The number of fused-ring (bicyclic) bond motifs is 6. The highest BCUT2D eigenvalue weighted by molar-refractivity contribution is 8.76. The molecule has 118 heavy (non-hydrogen) atoms. The zero-order valence-electron chi connectivity index (χ0n) is 68.1. The average Bonchev–Trinajstić information content (AvgIpc) is 1.47. The van der Waals surface area contributed by atoms with Crippen molar-refractivity contribution in [1.29, 1.82) is 5.41 Å². The summed E-state index contributed by atoms with van der Waals surface area (Å²) in [4.78, 5) is 168. The van der Waals surface area contributed by atoms with Gasteiger partial charge in [-0.25, -0.2) is 20.2 Å². The van der Waals surface area contributed by atoms with Gasteiger partial charge >= 0.3 is 18.0 Å². The summed E-state index contributed by atoms with van der Waals surface area (Å²) in [6, 6.07) is 15.7. The summed E-state index contributed by atoms with van der Waals surface area (Å²) in [5.74, 6) is -7.13. The van der Waals surface area contributed by atoms with Gasteiger partial charge in [0.15, 0.2) is 23.0 Å². The number of hydrogen-bond donors (Lipinski definition) is 14. The van der Waals surface area contributed by atoms with Crippen molar-refractivity contribution in [3.05, 3.63) is 111 Å². The highest BCUT2D eigenvalue weighted by atomic mass is 33.1. The van der Waals surface area contributed by atoms with Crippen LogP contribution < -0.4 is 53.0 Å². The van der Waals surface area contributed by atoms with E-state index in [1.165, 1.54) is 54.8 Å². The quantitative estimate of drug-likeness (QED) is 0.00818. The summed E-state index contributed by atoms with van der Waals surface area (Å²) in [6.45, 7) is 11.3. The first kappa shape index (κ1) is 89.2. The van der Waals surface area contributed by atoms with E-state index in [-0.39, 0.29) is 98.8 Å². The number of aliphatic carboxylic acids is 1. The van der Waals surface area contributed by atoms with Crippen molar-refractivity contribution >= 4 is 121 Å². The van der Waals surface area contributed by atoms with Gasteiger partial charge in [0.05, 0.1) is 68.8 Å². The van der Waals surface area contributed by atoms with Crippen molar-refractivity contribution in [1.82, 2.24) is 51.6 Å². The first-order valence-corrected chi connectivity index (χ1v) is 42.9. The van der Waals surface area contributed by atoms with Gasteiger partial charge in [-0.3, -0.25) is 63.2 Å². The van der Waals surface area contributed by atoms with Gasteiger partial charge in [-0.1, -0.05) is 60.6 Å². The van der Waals surface area contributed by atoms with Gasteiger partial charge in [0, 0.05) is 151 Å². The highest BCUT2D eigenvalue weighted by Gasteiger charge is 2.79. The van der Waals surface area contributed by atoms with E-state index in [2.05, 4.69) is 67.9 Å². The van der Waals surface area contributed by atoms with E-state index < -0.39 is 130 Å². The number of ether oxygens (including phenoxy) is 3. The Morgan fingerprint density at radius 1 is 0.847 bits per heavy atom. The molecule has 33 nitrogen and oxygen atoms in total. The maximum Gasteiger partial charge on any atom is 0.426 e. The van der Waals surface area contributed by atoms with E-state index in [1.807, 2.05) is 49.1 Å². The topological polar surface area (TPSA) is 485 Å². The molecule has 5 amide bonds. The Hall–Kier alpha value is -9.62. The second-order valence-corrected chi connectivity index (χ2v) is 35.0. The third kappa shape index (κ3) is 18.7. The minimum atomic E-state index is -2.58. The molecule has 3 saturated heterocycles. The number of carboxylic acids is 1. The Morgan fingerprint density at radius 3 is 2.31 bits per heavy atom. The minimum absolute atomic E-state index is 0.0345. The largest absolute Gasteiger partial charge is 0.496 e. The SMILES string of the molecule is CC[C@]1(O)C[C@H]2CN(CCc3c([nH]c4ccccc34)[C@@](C(=O)OC)(c3cc4c(cc3OC)N(C)[C@H]3[C@@](O)(C(=O)NNC(=O)OCCSSCCCC(=O)[C@H](CN)NC(=O)[C@H](CC(=O)O)CC(=O)[C@H](C)NC(=O)[C@H](C)CC(=O)CCCNC(=O)c5ccc(NCC(=N)C=Nc6cc(=O)[nH]c(C)n6)cc5)[C@H](O)[C@]5(CC)CCCN6CC[C@]43[C@@H]65)C2)C1. The number of aliphatic hydroxyl groups is 3. The van der Waals surface area contributed by atoms with Crippen molar-refractivity contribution in [3.8, 4) is 5.75 Å². The Kier molecular flexibility index (Phi) is 28.9. The van der Waals surface area contributed by atoms with Crippen molar-refractivity contribution in [2.24, 2.45) is 33.9 Å². The smallest absolute Gasteiger partial charge is 0.426 e. The number of hydrogen-bond acceptors (Lipinski definition) is 27. The number of Topliss-reactive ketones (excluding diaryl/α,β-unsaturated/α-hetero) is 3. The Labute approximate surface area is 692 Å². The molecule has 1 unspecified atom stereocenters. The molecular formula is C83H111N15O18S2. The second-order valence-electron chi connectivity index (χ2n) is 32.3. The number of ketones is 3. The maximum atomic E-state index is 15.6. The number of aromatic nitrogens is 3. The van der Waals surface area contributed by atoms with Crippen LogP contribution in [0.3, 0.4) is 0 Å². The van der Waals surface area contributed by atoms with Gasteiger partial charge < -0.3 is 81.9 Å². The molecule has 6 aliphatic rings. The lowest BCUT2D eigenvalue weighted by Crippen LogP contribution is -2.82. The van der Waals surface area contributed by atoms with Gasteiger partial charge in [0.2, 0.25) is 11.8 Å². The van der Waals surface area contributed by atoms with Crippen LogP contribution in [0.25, 0.3) is 10.9 Å². The van der Waals surface area contributed by atoms with E-state index in [0.29, 0.717) is 130 Å². The molecule has 4 fully saturated rings. The number of likely N-dealkylation sites (N-methyl/N-ethyl adjacent to an activating group) is 1. The molecule has 1 saturated carbocycles. The lowest BCUT2D eigenvalue weighted by molar-refractivity contribution is -0.222. The zero-order chi connectivity index (χ0) is 85.2. The van der Waals surface area contributed by atoms with Crippen LogP contribution in [-0.4, -0.2) is 249 Å². The number of carbonyl (C=O) groups is 10. The number of aromatic amines is 2. The fourth-order valence-corrected chi connectivity index (χ4v) is 21.2. The summed E-state index contributed by atoms with van der Waals surface area (Å²) in [5, 5.41) is 68.6. The number of nitrogens with zero attached hydrogens (tertiary/aromatic N) is 5. The number of nitrogens with one attached hydrogen (secondary N) is 9. The van der Waals surface area contributed by atoms with Crippen molar-refractivity contribution < 1.29 is 82.6 Å². The number of amides is 5. The molecule has 14 atom stereocenters. The summed E-state index contributed by atoms with van der Waals surface area (Å²) in [5.41, 5.74) is 8.62. The van der Waals surface area contributed by atoms with Gasteiger partial charge in [-0.15, -0.1) is 0 Å². The van der Waals surface area contributed by atoms with Crippen LogP contribution in [0.15, 0.2) is 76.5 Å². The number of para-hydroxylation sites is 1. The number of aliphatic hydroxyl groups excluding tert-OH is 1. The maximum absolute atomic E-state index is 15.6. The van der Waals surface area contributed by atoms with Crippen LogP contribution in [-0.2, 0) is 65.1 Å². The van der Waals surface area contributed by atoms with E-state index in [1.54, 1.807) is 45.3 Å². The predicted molar refractivity (Wildman–Crippen MR) is 445 cm³/mol. The van der Waals surface area contributed by atoms with Gasteiger partial charge in [-0.2, -0.15) is 0 Å². The molecule has 2 aromatic heterocycles. The fourth-order valence-electron chi connectivity index (χ4n) is 19.3. The van der Waals surface area contributed by atoms with Gasteiger partial charge in [0.1, 0.15) is 35.5 Å². The number of carbonyl (C=O) groups excluding carboxylic acids is 9. The molecule has 15 N–H and O–H groups in total. The number of carboxylic acid groups (broad SMARTS) is 1. The molecule has 7 heterocycles. The molecule has 5 aliphatic heterocycles. The number of nitrogens with two attached hydrogens (primary N) is 1. The predicted octanol–water partition coefficient (Wildman–Crippen LogP) is 4.99. The molecule has 638 valence electrons. The van der Waals surface area contributed by atoms with Gasteiger partial charge in [-0.05, 0) is 145 Å². The summed E-state index contributed by atoms with van der Waals surface area (Å²) >= 11 is 0. The van der Waals surface area contributed by atoms with Crippen molar-refractivity contribution in [2.75, 3.05) is 102 Å². The zero-order valence-corrected chi connectivity index (χ0v) is 69.7. The molecule has 11 rings (SSSR count). The Balaban J connectivity index is 0.630. The number of benzene rings is 3. The first-order valence-electron chi connectivity index (χ1n) is 40.5. The third-order valence-corrected chi connectivity index (χ3v) is 27.3. The standard InChI is InChI=1S/C83H111N15O18S2/c1-9-79(112)40-50-41-82(77(110)115-8,69-57(24-29-97(45-50)46-79)56-17-11-12-18-60(56)92-69)59-37-58-62(38-65(59)114-7)96(6)74-81(58)26-30-98-28-15-25-80(10-2,73(81)98)75(108)83(74,113)76(109)94-95-78(111)116-31-33-118-117-32-14-19-63(100)61(42-84)93-72(107)52(36-68(103)104)35-64(101)48(4)89-70(105)47(3)34-55(99)16-13-27-86-71(106)51-20-22-54(23-21-51)87-43-53(85)44-88-66-39-67(102)91-49(5)90-66/h11-12,17-18,20-23,37-39,44,47-48,50,52,61,73-75,85,87,92,108,112-113H,9-10,13-16,19,24-36,40-43,45-46,84H2,1-8H3,(H,86,106)(H,89,105)(H,93,107)(H,94,109)(H,95,111)(H,103,104)(H,90,91,102)/t47-,48+,50-,52+,61+,73+,74-,75-,79+,80-,81-,82+,83+/m1/s1. The number of rotatable bonds is 37. The number of anilines is 2. The molecular weight excluding hydrogens is 1560 g/mol. The highest BCUT2D eigenvalue weighted by Crippen LogP contribution is 2.68. The number of aliphatic imine (C=N–C) groups is 1. The Bertz CT molecular complexity index is 4700. The third-order valence-electron chi connectivity index (χ3n) is 24.8. The molecule has 35 heteroatoms. The van der Waals surface area contributed by atoms with Crippen LogP contribution in [0, 0.1) is 35.5 Å². The van der Waals surface area contributed by atoms with Crippen molar-refractivity contribution in [3.63, 3.8) is 0 Å². The fraction of sp³-hybridized carbons (Fsp3) is 0.566. The van der Waals surface area contributed by atoms with E-state index in [0.717, 1.165) is 22.0 Å². The summed E-state index contributed by atoms with van der Waals surface area (Å²) in [7, 11) is 7.42. The number of hydrazine groups is 1. The average molecular weight is 1670 g/mol. The lowest BCUT2D eigenvalue weighted by atomic mass is 9.46. The van der Waals surface area contributed by atoms with Crippen LogP contribution in [0.4, 0.5) is 22.0 Å². The second kappa shape index (κ2) is 38.2. The van der Waals surface area contributed by atoms with Crippen LogP contribution in [0.1, 0.15) is 156 Å². The number of piperidine rings is 2. The van der Waals surface area contributed by atoms with Crippen molar-refractivity contribution in [2.45, 2.75) is 183 Å². The summed E-state index contributed by atoms with van der Waals surface area (Å²) < 4.78 is 17.9. The molecule has 5 aromatic rings. The number of H-pyrrole nitrogens is 2. The van der Waals surface area contributed by atoms with Gasteiger partial charge in [0.25, 0.3) is 17.4 Å². The van der Waals surface area contributed by atoms with E-state index in [9.17, 15) is 63.6 Å². The summed E-state index contributed by atoms with van der Waals surface area (Å²) in [6.07, 6.45) is 1.42. The number of aryl methyl sites for hydroxylation is 1. The number of esters is 1. The molecule has 2 bridgehead atoms. The minimum Gasteiger partial charge on any atom is -0.496 e. The van der Waals surface area contributed by atoms with Crippen LogP contribution in [0.2, 0.25) is 0 Å². The monoisotopic (exact) mass is 1670 g/mol. The molecule has 3 aromatic carbocycles. The molecule has 1 aliphatic carbocycles. The van der Waals surface area contributed by atoms with E-state index in [4.69, 9.17) is 25.4 Å². The number of methoxy groups -OCH3 is 2.